The molecule has 0 amide bonds. The molecule has 19 heavy (non-hydrogen) atoms. The number of carbonyl (C=O) groups excluding carboxylic acids is 1. The number of nitrogens with zero attached hydrogens (tertiary/aromatic N) is 2. The standard InChI is InChI=1S/C15H19FN2O/c1-11(19)14-10-12(16)2-5-15(14)18-8-6-17(7-9-18)13-3-4-13/h2,5,10,13H,3-4,6-9H2,1H3. The van der Waals surface area contributed by atoms with Crippen LogP contribution in [-0.2, 0) is 0 Å². The third-order valence-corrected chi connectivity index (χ3v) is 4.06. The van der Waals surface area contributed by atoms with E-state index in [-0.39, 0.29) is 11.6 Å². The first-order valence-electron chi connectivity index (χ1n) is 6.94. The minimum atomic E-state index is -0.342. The van der Waals surface area contributed by atoms with Gasteiger partial charge < -0.3 is 4.90 Å². The van der Waals surface area contributed by atoms with Gasteiger partial charge in [-0.05, 0) is 38.0 Å². The predicted molar refractivity (Wildman–Crippen MR) is 73.2 cm³/mol. The third kappa shape index (κ3) is 2.63. The quantitative estimate of drug-likeness (QED) is 0.781. The van der Waals surface area contributed by atoms with E-state index in [4.69, 9.17) is 0 Å². The number of ketones is 1. The molecule has 1 aromatic rings. The lowest BCUT2D eigenvalue weighted by atomic mass is 10.1. The summed E-state index contributed by atoms with van der Waals surface area (Å²) < 4.78 is 13.3. The summed E-state index contributed by atoms with van der Waals surface area (Å²) in [7, 11) is 0. The molecule has 0 unspecified atom stereocenters. The maximum atomic E-state index is 13.3. The number of rotatable bonds is 3. The van der Waals surface area contributed by atoms with Crippen molar-refractivity contribution in [2.75, 3.05) is 31.1 Å². The van der Waals surface area contributed by atoms with Gasteiger partial charge in [0.25, 0.3) is 0 Å². The molecule has 1 heterocycles. The Hall–Kier alpha value is -1.42. The second-order valence-electron chi connectivity index (χ2n) is 5.47. The van der Waals surface area contributed by atoms with Crippen LogP contribution >= 0.6 is 0 Å². The Labute approximate surface area is 113 Å². The largest absolute Gasteiger partial charge is 0.368 e. The number of benzene rings is 1. The van der Waals surface area contributed by atoms with Gasteiger partial charge in [-0.15, -0.1) is 0 Å². The van der Waals surface area contributed by atoms with Gasteiger partial charge in [-0.2, -0.15) is 0 Å². The van der Waals surface area contributed by atoms with Crippen LogP contribution in [0.15, 0.2) is 18.2 Å². The topological polar surface area (TPSA) is 23.6 Å². The fraction of sp³-hybridized carbons (Fsp3) is 0.533. The highest BCUT2D eigenvalue weighted by Crippen LogP contribution is 2.29. The van der Waals surface area contributed by atoms with E-state index < -0.39 is 0 Å². The van der Waals surface area contributed by atoms with E-state index in [0.29, 0.717) is 5.56 Å². The SMILES string of the molecule is CC(=O)c1cc(F)ccc1N1CCN(C2CC2)CC1. The number of anilines is 1. The van der Waals surface area contributed by atoms with Crippen molar-refractivity contribution in [3.05, 3.63) is 29.6 Å². The van der Waals surface area contributed by atoms with E-state index in [1.807, 2.05) is 0 Å². The summed E-state index contributed by atoms with van der Waals surface area (Å²) in [5, 5.41) is 0. The van der Waals surface area contributed by atoms with Crippen molar-refractivity contribution in [1.82, 2.24) is 4.90 Å². The Bertz CT molecular complexity index is 491. The van der Waals surface area contributed by atoms with Gasteiger partial charge in [-0.3, -0.25) is 9.69 Å². The zero-order valence-corrected chi connectivity index (χ0v) is 11.2. The Balaban J connectivity index is 1.77. The van der Waals surface area contributed by atoms with Crippen LogP contribution in [0.5, 0.6) is 0 Å². The lowest BCUT2D eigenvalue weighted by Crippen LogP contribution is -2.47. The molecule has 4 heteroatoms. The first-order valence-corrected chi connectivity index (χ1v) is 6.94. The predicted octanol–water partition coefficient (Wildman–Crippen LogP) is 2.31. The van der Waals surface area contributed by atoms with Crippen LogP contribution in [0.4, 0.5) is 10.1 Å². The number of Topliss-reactive ketones (excluding diaryl/α,β-unsaturated/α-hetero) is 1. The third-order valence-electron chi connectivity index (χ3n) is 4.06. The fourth-order valence-electron chi connectivity index (χ4n) is 2.83. The van der Waals surface area contributed by atoms with Crippen LogP contribution in [0.25, 0.3) is 0 Å². The monoisotopic (exact) mass is 262 g/mol. The Morgan fingerprint density at radius 3 is 2.47 bits per heavy atom. The zero-order valence-electron chi connectivity index (χ0n) is 11.2. The van der Waals surface area contributed by atoms with Gasteiger partial charge in [0.2, 0.25) is 0 Å². The molecule has 1 aliphatic heterocycles. The molecular weight excluding hydrogens is 243 g/mol. The van der Waals surface area contributed by atoms with E-state index in [0.717, 1.165) is 37.9 Å². The number of hydrogen-bond donors (Lipinski definition) is 0. The van der Waals surface area contributed by atoms with Crippen LogP contribution in [0, 0.1) is 5.82 Å². The number of halogens is 1. The minimum absolute atomic E-state index is 0.0703. The maximum absolute atomic E-state index is 13.3. The highest BCUT2D eigenvalue weighted by Gasteiger charge is 2.31. The molecule has 0 aromatic heterocycles. The molecule has 3 nitrogen and oxygen atoms in total. The highest BCUT2D eigenvalue weighted by atomic mass is 19.1. The van der Waals surface area contributed by atoms with E-state index in [1.54, 1.807) is 6.07 Å². The van der Waals surface area contributed by atoms with Crippen molar-refractivity contribution in [2.45, 2.75) is 25.8 Å². The van der Waals surface area contributed by atoms with Gasteiger partial charge in [-0.25, -0.2) is 4.39 Å². The van der Waals surface area contributed by atoms with Crippen molar-refractivity contribution in [3.8, 4) is 0 Å². The minimum Gasteiger partial charge on any atom is -0.368 e. The summed E-state index contributed by atoms with van der Waals surface area (Å²) in [5.74, 6) is -0.412. The van der Waals surface area contributed by atoms with Crippen LogP contribution in [0.1, 0.15) is 30.1 Å². The molecule has 1 aromatic carbocycles. The van der Waals surface area contributed by atoms with E-state index in [9.17, 15) is 9.18 Å². The summed E-state index contributed by atoms with van der Waals surface area (Å²) in [6.45, 7) is 5.42. The molecule has 1 saturated carbocycles. The van der Waals surface area contributed by atoms with Crippen molar-refractivity contribution in [2.24, 2.45) is 0 Å². The molecular formula is C15H19FN2O. The lowest BCUT2D eigenvalue weighted by molar-refractivity contribution is 0.101. The summed E-state index contributed by atoms with van der Waals surface area (Å²) >= 11 is 0. The van der Waals surface area contributed by atoms with E-state index in [1.165, 1.54) is 31.9 Å². The second-order valence-corrected chi connectivity index (χ2v) is 5.47. The van der Waals surface area contributed by atoms with Crippen molar-refractivity contribution >= 4 is 11.5 Å². The van der Waals surface area contributed by atoms with Crippen molar-refractivity contribution < 1.29 is 9.18 Å². The molecule has 0 atom stereocenters. The number of carbonyl (C=O) groups is 1. The zero-order chi connectivity index (χ0) is 13.4. The lowest BCUT2D eigenvalue weighted by Gasteiger charge is -2.36. The maximum Gasteiger partial charge on any atom is 0.161 e. The molecule has 1 saturated heterocycles. The van der Waals surface area contributed by atoms with E-state index in [2.05, 4.69) is 9.80 Å². The molecule has 102 valence electrons. The number of piperazine rings is 1. The van der Waals surface area contributed by atoms with Gasteiger partial charge in [0.05, 0.1) is 0 Å². The molecule has 0 spiro atoms. The molecule has 0 bridgehead atoms. The summed E-state index contributed by atoms with van der Waals surface area (Å²) in [4.78, 5) is 16.4. The Morgan fingerprint density at radius 2 is 1.89 bits per heavy atom. The summed E-state index contributed by atoms with van der Waals surface area (Å²) in [6, 6.07) is 5.32. The van der Waals surface area contributed by atoms with Crippen molar-refractivity contribution in [1.29, 1.82) is 0 Å². The van der Waals surface area contributed by atoms with Gasteiger partial charge in [0, 0.05) is 43.5 Å². The molecule has 1 aliphatic carbocycles. The molecule has 2 aliphatic rings. The van der Waals surface area contributed by atoms with Gasteiger partial charge >= 0.3 is 0 Å². The molecule has 2 fully saturated rings. The van der Waals surface area contributed by atoms with Crippen LogP contribution in [-0.4, -0.2) is 42.9 Å². The Morgan fingerprint density at radius 1 is 1.21 bits per heavy atom. The second kappa shape index (κ2) is 4.93. The van der Waals surface area contributed by atoms with Gasteiger partial charge in [0.15, 0.2) is 5.78 Å². The first-order chi connectivity index (χ1) is 9.15. The smallest absolute Gasteiger partial charge is 0.161 e. The van der Waals surface area contributed by atoms with Crippen LogP contribution in [0.2, 0.25) is 0 Å². The summed E-state index contributed by atoms with van der Waals surface area (Å²) in [6.07, 6.45) is 2.66. The Kier molecular flexibility index (Phi) is 3.27. The van der Waals surface area contributed by atoms with Crippen LogP contribution < -0.4 is 4.90 Å². The molecule has 0 radical (unpaired) electrons. The highest BCUT2D eigenvalue weighted by molar-refractivity contribution is 5.99. The van der Waals surface area contributed by atoms with E-state index >= 15 is 0 Å². The average Bonchev–Trinajstić information content (AvgIpc) is 3.23. The van der Waals surface area contributed by atoms with Gasteiger partial charge in [-0.1, -0.05) is 0 Å². The first kappa shape index (κ1) is 12.6. The molecule has 3 rings (SSSR count). The molecule has 0 N–H and O–H groups in total. The fourth-order valence-corrected chi connectivity index (χ4v) is 2.83. The van der Waals surface area contributed by atoms with Crippen molar-refractivity contribution in [3.63, 3.8) is 0 Å². The van der Waals surface area contributed by atoms with Crippen LogP contribution in [0.3, 0.4) is 0 Å². The average molecular weight is 262 g/mol. The number of hydrogen-bond acceptors (Lipinski definition) is 3. The summed E-state index contributed by atoms with van der Waals surface area (Å²) in [5.41, 5.74) is 1.38. The van der Waals surface area contributed by atoms with Gasteiger partial charge in [0.1, 0.15) is 5.82 Å². The normalized spacial score (nSPS) is 20.6.